The zero-order valence-electron chi connectivity index (χ0n) is 18.5. The molecule has 0 aliphatic carbocycles. The molecule has 5 heterocycles. The lowest BCUT2D eigenvalue weighted by Crippen LogP contribution is -2.03. The van der Waals surface area contributed by atoms with E-state index in [4.69, 9.17) is 5.11 Å². The Balaban J connectivity index is 0.000000204. The van der Waals surface area contributed by atoms with Crippen LogP contribution in [-0.4, -0.2) is 47.3 Å². The first-order valence-electron chi connectivity index (χ1n) is 10.8. The quantitative estimate of drug-likeness (QED) is 0.319. The molecule has 2 aliphatic heterocycles. The smallest absolute Gasteiger partial charge is 0.335 e. The van der Waals surface area contributed by atoms with Crippen molar-refractivity contribution in [1.29, 1.82) is 0 Å². The molecule has 4 aromatic rings. The maximum Gasteiger partial charge on any atom is 0.335 e. The zero-order valence-corrected chi connectivity index (χ0v) is 20.5. The Bertz CT molecular complexity index is 1420. The number of nitrogens with zero attached hydrogens (tertiary/aromatic N) is 2. The number of H-pyrrole nitrogens is 2. The fourth-order valence-electron chi connectivity index (χ4n) is 3.64. The highest BCUT2D eigenvalue weighted by atomic mass is 27.0. The second kappa shape index (κ2) is 9.36. The first-order valence-corrected chi connectivity index (χ1v) is 11.8. The summed E-state index contributed by atoms with van der Waals surface area (Å²) >= 11 is 0.975. The third kappa shape index (κ3) is 5.24. The molecule has 0 saturated carbocycles. The molecule has 6 nitrogen and oxygen atoms in total. The van der Waals surface area contributed by atoms with Crippen molar-refractivity contribution in [2.75, 3.05) is 0 Å². The maximum atomic E-state index is 10.3. The summed E-state index contributed by atoms with van der Waals surface area (Å²) in [5.41, 5.74) is 8.22. The monoisotopic (exact) mass is 460 g/mol. The van der Waals surface area contributed by atoms with E-state index in [9.17, 15) is 4.79 Å². The van der Waals surface area contributed by atoms with Gasteiger partial charge in [-0.05, 0) is 85.0 Å². The number of carboxylic acids is 1. The van der Waals surface area contributed by atoms with E-state index in [1.54, 1.807) is 12.1 Å². The zero-order chi connectivity index (χ0) is 23.5. The van der Waals surface area contributed by atoms with Crippen LogP contribution >= 0.6 is 0 Å². The Hall–Kier alpha value is -4.18. The molecule has 1 aromatic carbocycles. The number of rotatable bonds is 1. The van der Waals surface area contributed by atoms with E-state index in [-0.39, 0.29) is 0 Å². The number of fused-ring (bicyclic) bond motifs is 8. The average Bonchev–Trinajstić information content (AvgIpc) is 3.60. The van der Waals surface area contributed by atoms with Crippen LogP contribution < -0.4 is 4.43 Å². The first kappa shape index (κ1) is 21.7. The summed E-state index contributed by atoms with van der Waals surface area (Å²) in [6.45, 7) is 0. The van der Waals surface area contributed by atoms with E-state index in [2.05, 4.69) is 44.2 Å². The van der Waals surface area contributed by atoms with Gasteiger partial charge in [-0.15, -0.1) is 4.43 Å². The Morgan fingerprint density at radius 1 is 0.618 bits per heavy atom. The molecule has 0 fully saturated rings. The molecule has 7 heteroatoms. The highest BCUT2D eigenvalue weighted by molar-refractivity contribution is 6.32. The van der Waals surface area contributed by atoms with Gasteiger partial charge in [-0.25, -0.2) is 14.8 Å². The summed E-state index contributed by atoms with van der Waals surface area (Å²) in [6.07, 6.45) is 8.09. The standard InChI is InChI=1S/C20H14N4.C7H5O2.Al.2H/c1-2-14-10-16-5-6-18(23-16)12-20-8-7-19(24-20)11-17-4-3-15(22-17)9-13(1)21-14;8-7(9)6-4-2-1-3-5-6;;;/h1-12,21,24H;2-5H,(H,8,9);;;. The number of hydrogen-bond acceptors (Lipinski definition) is 3. The third-order valence-electron chi connectivity index (χ3n) is 5.34. The molecular formula is C27H21AlN4O2. The molecule has 0 spiro atoms. The molecule has 164 valence electrons. The van der Waals surface area contributed by atoms with Crippen LogP contribution in [0.25, 0.3) is 46.4 Å². The molecule has 0 amide bonds. The Labute approximate surface area is 203 Å². The second-order valence-corrected chi connectivity index (χ2v) is 9.23. The summed E-state index contributed by atoms with van der Waals surface area (Å²) in [5.74, 6) is -0.860. The number of carboxylic acid groups (broad SMARTS) is 1. The summed E-state index contributed by atoms with van der Waals surface area (Å²) < 4.78 is 1.21. The van der Waals surface area contributed by atoms with Gasteiger partial charge in [0, 0.05) is 22.1 Å². The Morgan fingerprint density at radius 3 is 1.29 bits per heavy atom. The molecule has 6 rings (SSSR count). The van der Waals surface area contributed by atoms with Crippen LogP contribution in [0.2, 0.25) is 0 Å². The molecule has 0 radical (unpaired) electrons. The van der Waals surface area contributed by atoms with Gasteiger partial charge in [-0.2, -0.15) is 0 Å². The Kier molecular flexibility index (Phi) is 5.96. The highest BCUT2D eigenvalue weighted by Gasteiger charge is 2.01. The van der Waals surface area contributed by atoms with Crippen molar-refractivity contribution < 1.29 is 9.90 Å². The normalized spacial score (nSPS) is 11.6. The van der Waals surface area contributed by atoms with Crippen LogP contribution in [0.3, 0.4) is 0 Å². The van der Waals surface area contributed by atoms with Gasteiger partial charge < -0.3 is 15.1 Å². The molecule has 3 N–H and O–H groups in total. The first-order chi connectivity index (χ1) is 16.5. The van der Waals surface area contributed by atoms with E-state index >= 15 is 0 Å². The van der Waals surface area contributed by atoms with Crippen molar-refractivity contribution in [2.45, 2.75) is 0 Å². The molecule has 0 saturated heterocycles. The predicted octanol–water partition coefficient (Wildman–Crippen LogP) is 4.30. The van der Waals surface area contributed by atoms with E-state index in [1.807, 2.05) is 60.7 Å². The largest absolute Gasteiger partial charge is 0.478 e. The number of aromatic carboxylic acids is 1. The lowest BCUT2D eigenvalue weighted by atomic mass is 10.2. The summed E-state index contributed by atoms with van der Waals surface area (Å²) in [7, 11) is 0. The van der Waals surface area contributed by atoms with E-state index in [1.165, 1.54) is 4.43 Å². The number of hydrogen-bond donors (Lipinski definition) is 3. The summed E-state index contributed by atoms with van der Waals surface area (Å²) in [5, 5.41) is 8.49. The van der Waals surface area contributed by atoms with Crippen LogP contribution in [0.15, 0.2) is 72.8 Å². The molecule has 8 bridgehead atoms. The number of carbonyl (C=O) groups is 1. The van der Waals surface area contributed by atoms with Crippen molar-refractivity contribution in [2.24, 2.45) is 0 Å². The van der Waals surface area contributed by atoms with Crippen LogP contribution in [0.1, 0.15) is 33.1 Å². The van der Waals surface area contributed by atoms with Crippen molar-refractivity contribution in [3.8, 4) is 0 Å². The minimum Gasteiger partial charge on any atom is -0.478 e. The van der Waals surface area contributed by atoms with E-state index in [0.717, 1.165) is 61.1 Å². The van der Waals surface area contributed by atoms with Crippen LogP contribution in [0.4, 0.5) is 0 Å². The molecule has 3 aromatic heterocycles. The fourth-order valence-corrected chi connectivity index (χ4v) is 3.97. The van der Waals surface area contributed by atoms with Gasteiger partial charge in [0.2, 0.25) is 0 Å². The van der Waals surface area contributed by atoms with Crippen molar-refractivity contribution in [3.05, 3.63) is 101 Å². The van der Waals surface area contributed by atoms with Gasteiger partial charge in [0.15, 0.2) is 0 Å². The van der Waals surface area contributed by atoms with E-state index < -0.39 is 5.97 Å². The van der Waals surface area contributed by atoms with Gasteiger partial charge in [0.25, 0.3) is 16.3 Å². The number of nitrogens with one attached hydrogen (secondary N) is 2. The van der Waals surface area contributed by atoms with Crippen molar-refractivity contribution in [1.82, 2.24) is 19.9 Å². The predicted molar refractivity (Wildman–Crippen MR) is 140 cm³/mol. The van der Waals surface area contributed by atoms with Crippen LogP contribution in [0.5, 0.6) is 0 Å². The third-order valence-corrected chi connectivity index (χ3v) is 6.01. The minimum absolute atomic E-state index is 0.361. The summed E-state index contributed by atoms with van der Waals surface area (Å²) in [4.78, 5) is 26.3. The van der Waals surface area contributed by atoms with Crippen LogP contribution in [0, 0.1) is 0 Å². The summed E-state index contributed by atoms with van der Waals surface area (Å²) in [6, 6.07) is 23.3. The van der Waals surface area contributed by atoms with Gasteiger partial charge in [0.05, 0.1) is 28.3 Å². The highest BCUT2D eigenvalue weighted by Crippen LogP contribution is 2.16. The van der Waals surface area contributed by atoms with Crippen molar-refractivity contribution >= 4 is 73.1 Å². The van der Waals surface area contributed by atoms with Gasteiger partial charge >= 0.3 is 5.97 Å². The minimum atomic E-state index is -0.860. The van der Waals surface area contributed by atoms with Crippen molar-refractivity contribution in [3.63, 3.8) is 0 Å². The second-order valence-electron chi connectivity index (χ2n) is 8.08. The Morgan fingerprint density at radius 2 is 0.971 bits per heavy atom. The fraction of sp³-hybridized carbons (Fsp3) is 0. The maximum absolute atomic E-state index is 10.3. The SMILES string of the molecule is C1=Cc2cc3ccc(cc4nc(cc5ccc(cc1n2)[nH]5)C=C4)[nH]3.O=C(O)c1cc[c]([AlH2])cc1. The molecule has 0 atom stereocenters. The van der Waals surface area contributed by atoms with Gasteiger partial charge in [-0.1, -0.05) is 12.1 Å². The van der Waals surface area contributed by atoms with Gasteiger partial charge in [0.1, 0.15) is 0 Å². The van der Waals surface area contributed by atoms with Gasteiger partial charge in [-0.3, -0.25) is 0 Å². The number of aromatic nitrogens is 4. The molecule has 34 heavy (non-hydrogen) atoms. The molecule has 0 unspecified atom stereocenters. The van der Waals surface area contributed by atoms with E-state index in [0.29, 0.717) is 5.56 Å². The topological polar surface area (TPSA) is 94.7 Å². The molecular weight excluding hydrogens is 439 g/mol. The average molecular weight is 460 g/mol. The lowest BCUT2D eigenvalue weighted by molar-refractivity contribution is 0.0697. The number of benzene rings is 1. The lowest BCUT2D eigenvalue weighted by Gasteiger charge is -1.93. The van der Waals surface area contributed by atoms with Crippen LogP contribution in [-0.2, 0) is 0 Å². The number of aromatic amines is 2. The molecule has 2 aliphatic rings.